The van der Waals surface area contributed by atoms with Crippen molar-refractivity contribution < 1.29 is 9.47 Å². The third-order valence-electron chi connectivity index (χ3n) is 3.33. The Kier molecular flexibility index (Phi) is 5.08. The van der Waals surface area contributed by atoms with E-state index in [1.807, 2.05) is 0 Å². The standard InChI is InChI=1S/C18H23N2/c1-16-4-6-17(7-5-16)8-9-18-10-12-20(13-11-18)15-14-19(2)3/h4-13H,14-15H2,1-3H3/q+1/p+1. The van der Waals surface area contributed by atoms with Gasteiger partial charge in [0.25, 0.3) is 0 Å². The maximum Gasteiger partial charge on any atom is 0.196 e. The summed E-state index contributed by atoms with van der Waals surface area (Å²) in [6, 6.07) is 12.9. The summed E-state index contributed by atoms with van der Waals surface area (Å²) >= 11 is 0. The van der Waals surface area contributed by atoms with Gasteiger partial charge in [0.15, 0.2) is 18.9 Å². The van der Waals surface area contributed by atoms with E-state index in [0.29, 0.717) is 0 Å². The minimum atomic E-state index is 1.06. The van der Waals surface area contributed by atoms with Crippen molar-refractivity contribution in [3.05, 3.63) is 65.5 Å². The van der Waals surface area contributed by atoms with E-state index in [2.05, 4.69) is 86.5 Å². The van der Waals surface area contributed by atoms with Crippen molar-refractivity contribution >= 4 is 12.2 Å². The summed E-state index contributed by atoms with van der Waals surface area (Å²) in [5.74, 6) is 0. The Bertz CT molecular complexity index is 551. The Morgan fingerprint density at radius 1 is 0.900 bits per heavy atom. The van der Waals surface area contributed by atoms with Crippen LogP contribution in [0.4, 0.5) is 0 Å². The number of benzene rings is 1. The fourth-order valence-corrected chi connectivity index (χ4v) is 1.95. The highest BCUT2D eigenvalue weighted by molar-refractivity contribution is 5.69. The van der Waals surface area contributed by atoms with Crippen molar-refractivity contribution in [2.24, 2.45) is 0 Å². The van der Waals surface area contributed by atoms with Crippen LogP contribution in [0.2, 0.25) is 0 Å². The van der Waals surface area contributed by atoms with Crippen LogP contribution < -0.4 is 9.47 Å². The highest BCUT2D eigenvalue weighted by Crippen LogP contribution is 2.08. The van der Waals surface area contributed by atoms with Crippen LogP contribution in [0.5, 0.6) is 0 Å². The molecular formula is C18H24N2+2. The fraction of sp³-hybridized carbons (Fsp3) is 0.278. The van der Waals surface area contributed by atoms with Gasteiger partial charge in [0.2, 0.25) is 0 Å². The lowest BCUT2D eigenvalue weighted by atomic mass is 10.1. The normalized spacial score (nSPS) is 11.4. The molecule has 0 atom stereocenters. The SMILES string of the molecule is Cc1ccc(C=Cc2cc[n+](CC[NH+](C)C)cc2)cc1. The first-order valence-electron chi connectivity index (χ1n) is 7.16. The molecule has 2 aromatic rings. The molecule has 0 saturated carbocycles. The van der Waals surface area contributed by atoms with Crippen molar-refractivity contribution in [2.45, 2.75) is 13.5 Å². The van der Waals surface area contributed by atoms with Crippen molar-refractivity contribution in [2.75, 3.05) is 20.6 Å². The average molecular weight is 268 g/mol. The molecule has 0 aliphatic carbocycles. The van der Waals surface area contributed by atoms with E-state index in [0.717, 1.165) is 13.1 Å². The molecule has 0 amide bonds. The second-order valence-electron chi connectivity index (χ2n) is 5.57. The summed E-state index contributed by atoms with van der Waals surface area (Å²) in [4.78, 5) is 1.47. The lowest BCUT2D eigenvalue weighted by Gasteiger charge is -2.03. The molecule has 0 spiro atoms. The van der Waals surface area contributed by atoms with Crippen molar-refractivity contribution in [1.82, 2.24) is 0 Å². The molecule has 1 aromatic heterocycles. The summed E-state index contributed by atoms with van der Waals surface area (Å²) in [6.45, 7) is 4.31. The first-order valence-corrected chi connectivity index (χ1v) is 7.16. The molecule has 0 unspecified atom stereocenters. The summed E-state index contributed by atoms with van der Waals surface area (Å²) in [6.07, 6.45) is 8.62. The molecule has 0 bridgehead atoms. The van der Waals surface area contributed by atoms with Gasteiger partial charge in [-0.2, -0.15) is 4.57 Å². The van der Waals surface area contributed by atoms with E-state index in [1.54, 1.807) is 0 Å². The topological polar surface area (TPSA) is 8.32 Å². The molecule has 0 saturated heterocycles. The Morgan fingerprint density at radius 3 is 2.00 bits per heavy atom. The summed E-state index contributed by atoms with van der Waals surface area (Å²) in [5, 5.41) is 0. The van der Waals surface area contributed by atoms with Gasteiger partial charge in [0.05, 0.1) is 14.1 Å². The molecule has 2 heteroatoms. The number of nitrogens with one attached hydrogen (secondary N) is 1. The average Bonchev–Trinajstić information content (AvgIpc) is 2.45. The van der Waals surface area contributed by atoms with Crippen molar-refractivity contribution in [3.8, 4) is 0 Å². The number of likely N-dealkylation sites (N-methyl/N-ethyl adjacent to an activating group) is 1. The summed E-state index contributed by atoms with van der Waals surface area (Å²) in [5.41, 5.74) is 3.77. The van der Waals surface area contributed by atoms with Gasteiger partial charge in [-0.05, 0) is 18.1 Å². The zero-order chi connectivity index (χ0) is 14.4. The molecule has 0 fully saturated rings. The zero-order valence-corrected chi connectivity index (χ0v) is 12.6. The third kappa shape index (κ3) is 4.63. The molecule has 104 valence electrons. The van der Waals surface area contributed by atoms with Gasteiger partial charge < -0.3 is 4.90 Å². The van der Waals surface area contributed by atoms with Gasteiger partial charge in [0.1, 0.15) is 6.54 Å². The second kappa shape index (κ2) is 7.01. The lowest BCUT2D eigenvalue weighted by molar-refractivity contribution is -0.883. The molecule has 2 rings (SSSR count). The van der Waals surface area contributed by atoms with Gasteiger partial charge in [-0.1, -0.05) is 42.0 Å². The van der Waals surface area contributed by atoms with Gasteiger partial charge in [-0.25, -0.2) is 0 Å². The highest BCUT2D eigenvalue weighted by Gasteiger charge is 2.02. The Labute approximate surface area is 122 Å². The number of rotatable bonds is 5. The van der Waals surface area contributed by atoms with Crippen LogP contribution in [0.3, 0.4) is 0 Å². The van der Waals surface area contributed by atoms with E-state index >= 15 is 0 Å². The Morgan fingerprint density at radius 2 is 1.45 bits per heavy atom. The summed E-state index contributed by atoms with van der Waals surface area (Å²) < 4.78 is 2.23. The second-order valence-corrected chi connectivity index (χ2v) is 5.57. The molecule has 2 nitrogen and oxygen atoms in total. The first kappa shape index (κ1) is 14.5. The van der Waals surface area contributed by atoms with Crippen molar-refractivity contribution in [3.63, 3.8) is 0 Å². The molecule has 1 N–H and O–H groups in total. The van der Waals surface area contributed by atoms with E-state index in [1.165, 1.54) is 21.6 Å². The Hall–Kier alpha value is -1.93. The van der Waals surface area contributed by atoms with E-state index in [4.69, 9.17) is 0 Å². The lowest BCUT2D eigenvalue weighted by Crippen LogP contribution is -3.06. The van der Waals surface area contributed by atoms with Gasteiger partial charge >= 0.3 is 0 Å². The van der Waals surface area contributed by atoms with Crippen LogP contribution in [-0.2, 0) is 6.54 Å². The van der Waals surface area contributed by atoms with Crippen LogP contribution in [-0.4, -0.2) is 20.6 Å². The first-order chi connectivity index (χ1) is 9.63. The molecule has 20 heavy (non-hydrogen) atoms. The number of quaternary nitrogens is 1. The smallest absolute Gasteiger partial charge is 0.196 e. The number of pyridine rings is 1. The Balaban J connectivity index is 1.98. The van der Waals surface area contributed by atoms with Gasteiger partial charge in [-0.15, -0.1) is 0 Å². The van der Waals surface area contributed by atoms with Crippen LogP contribution in [0.25, 0.3) is 12.2 Å². The number of nitrogens with zero attached hydrogens (tertiary/aromatic N) is 1. The zero-order valence-electron chi connectivity index (χ0n) is 12.6. The maximum absolute atomic E-state index is 2.23. The van der Waals surface area contributed by atoms with E-state index in [-0.39, 0.29) is 0 Å². The summed E-state index contributed by atoms with van der Waals surface area (Å²) in [7, 11) is 4.36. The molecule has 1 heterocycles. The van der Waals surface area contributed by atoms with Crippen LogP contribution in [0.15, 0.2) is 48.8 Å². The minimum Gasteiger partial charge on any atom is -0.335 e. The fourth-order valence-electron chi connectivity index (χ4n) is 1.95. The third-order valence-corrected chi connectivity index (χ3v) is 3.33. The number of aryl methyl sites for hydroxylation is 1. The van der Waals surface area contributed by atoms with Gasteiger partial charge in [0, 0.05) is 12.1 Å². The molecule has 0 aliphatic rings. The van der Waals surface area contributed by atoms with Crippen molar-refractivity contribution in [1.29, 1.82) is 0 Å². The van der Waals surface area contributed by atoms with Crippen LogP contribution in [0.1, 0.15) is 16.7 Å². The predicted molar refractivity (Wildman–Crippen MR) is 84.4 cm³/mol. The van der Waals surface area contributed by atoms with Crippen LogP contribution in [0, 0.1) is 6.92 Å². The molecule has 0 aliphatic heterocycles. The largest absolute Gasteiger partial charge is 0.335 e. The highest BCUT2D eigenvalue weighted by atomic mass is 15.1. The van der Waals surface area contributed by atoms with E-state index < -0.39 is 0 Å². The quantitative estimate of drug-likeness (QED) is 0.788. The molecule has 1 aromatic carbocycles. The number of hydrogen-bond donors (Lipinski definition) is 1. The minimum absolute atomic E-state index is 1.06. The molecular weight excluding hydrogens is 244 g/mol. The van der Waals surface area contributed by atoms with Crippen LogP contribution >= 0.6 is 0 Å². The number of aromatic nitrogens is 1. The predicted octanol–water partition coefficient (Wildman–Crippen LogP) is 1.60. The van der Waals surface area contributed by atoms with Gasteiger partial charge in [-0.3, -0.25) is 0 Å². The molecule has 0 radical (unpaired) electrons. The monoisotopic (exact) mass is 268 g/mol. The maximum atomic E-state index is 2.23. The number of hydrogen-bond acceptors (Lipinski definition) is 0. The van der Waals surface area contributed by atoms with E-state index in [9.17, 15) is 0 Å².